The predicted octanol–water partition coefficient (Wildman–Crippen LogP) is -4.39. The molecule has 1 aliphatic heterocycles. The first kappa shape index (κ1) is 52.7. The number of aliphatic carboxylic acids is 1. The number of aliphatic hydroxyl groups is 2. The second kappa shape index (κ2) is 25.6. The smallest absolute Gasteiger partial charge is 0.325 e. The van der Waals surface area contributed by atoms with Gasteiger partial charge in [0.25, 0.3) is 0 Å². The van der Waals surface area contributed by atoms with Crippen LogP contribution in [0.5, 0.6) is 0 Å². The number of likely N-dealkylation sites (tertiary alicyclic amines) is 1. The number of amides is 7. The quantitative estimate of drug-likeness (QED) is 0.0254. The standard InChI is InChI=1S/C41H63N13O11/c1-21(2)31(52-33(57)26(42)19-55)39(63)54-15-9-13-30(54)37(61)49-27(12-8-14-46-41(43)44)34(58)51-29(17-25-18-45-20-47-25)35(59)50-28(16-24-10-6-5-7-11-24)36(60)53-32(23(4)56)38(62)48-22(3)40(64)65/h5-7,10-11,18,20-23,26-32,55-56H,8-9,12-17,19,42H2,1-4H3,(H,45,47)(H,48,62)(H,49,61)(H,50,59)(H,51,58)(H,52,57)(H,53,60)(H,64,65)(H4,43,44,46)/t22-,23+,26-,27-,28-,29-,30-,31-,32-/m0/s1. The van der Waals surface area contributed by atoms with E-state index in [4.69, 9.17) is 17.2 Å². The minimum absolute atomic E-state index is 0.0422. The highest BCUT2D eigenvalue weighted by Gasteiger charge is 2.41. The number of aliphatic hydroxyl groups excluding tert-OH is 2. The fourth-order valence-electron chi connectivity index (χ4n) is 6.83. The van der Waals surface area contributed by atoms with Crippen molar-refractivity contribution in [3.63, 3.8) is 0 Å². The van der Waals surface area contributed by atoms with Crippen LogP contribution in [0.2, 0.25) is 0 Å². The van der Waals surface area contributed by atoms with E-state index < -0.39 is 114 Å². The topological polar surface area (TPSA) is 392 Å². The van der Waals surface area contributed by atoms with Crippen molar-refractivity contribution in [2.75, 3.05) is 19.7 Å². The molecule has 9 atom stereocenters. The lowest BCUT2D eigenvalue weighted by molar-refractivity contribution is -0.143. The van der Waals surface area contributed by atoms with Crippen LogP contribution in [0.4, 0.5) is 0 Å². The van der Waals surface area contributed by atoms with Gasteiger partial charge in [-0.2, -0.15) is 0 Å². The van der Waals surface area contributed by atoms with Crippen LogP contribution in [0.1, 0.15) is 64.6 Å². The summed E-state index contributed by atoms with van der Waals surface area (Å²) in [6, 6.07) is -2.07. The molecule has 3 rings (SSSR count). The Morgan fingerprint density at radius 1 is 0.831 bits per heavy atom. The largest absolute Gasteiger partial charge is 0.480 e. The highest BCUT2D eigenvalue weighted by Crippen LogP contribution is 2.21. The molecule has 0 radical (unpaired) electrons. The van der Waals surface area contributed by atoms with Crippen LogP contribution in [0.3, 0.4) is 0 Å². The van der Waals surface area contributed by atoms with Crippen LogP contribution in [0.15, 0.2) is 47.8 Å². The first-order chi connectivity index (χ1) is 30.7. The molecule has 1 aromatic heterocycles. The molecule has 0 unspecified atom stereocenters. The van der Waals surface area contributed by atoms with Crippen LogP contribution in [-0.2, 0) is 51.2 Å². The molecule has 1 aliphatic rings. The van der Waals surface area contributed by atoms with Crippen molar-refractivity contribution < 1.29 is 53.7 Å². The number of carboxylic acids is 1. The van der Waals surface area contributed by atoms with Gasteiger partial charge in [-0.05, 0) is 51.0 Å². The minimum Gasteiger partial charge on any atom is -0.480 e. The normalized spacial score (nSPS) is 17.2. The van der Waals surface area contributed by atoms with Gasteiger partial charge in [-0.15, -0.1) is 0 Å². The lowest BCUT2D eigenvalue weighted by Crippen LogP contribution is -2.61. The molecule has 358 valence electrons. The van der Waals surface area contributed by atoms with E-state index in [1.54, 1.807) is 44.2 Å². The maximum absolute atomic E-state index is 14.3. The molecule has 1 fully saturated rings. The maximum Gasteiger partial charge on any atom is 0.325 e. The lowest BCUT2D eigenvalue weighted by atomic mass is 10.0. The third kappa shape index (κ3) is 16.4. The number of aromatic nitrogens is 2. The average Bonchev–Trinajstić information content (AvgIpc) is 3.97. The van der Waals surface area contributed by atoms with Crippen molar-refractivity contribution >= 4 is 53.3 Å². The number of aromatic amines is 1. The van der Waals surface area contributed by atoms with E-state index in [1.165, 1.54) is 31.3 Å². The van der Waals surface area contributed by atoms with Crippen LogP contribution >= 0.6 is 0 Å². The molecule has 65 heavy (non-hydrogen) atoms. The number of nitrogens with one attached hydrogen (secondary N) is 7. The van der Waals surface area contributed by atoms with Gasteiger partial charge in [0.05, 0.1) is 19.0 Å². The zero-order chi connectivity index (χ0) is 48.4. The van der Waals surface area contributed by atoms with Crippen LogP contribution in [0.25, 0.3) is 0 Å². The van der Waals surface area contributed by atoms with Crippen molar-refractivity contribution in [3.8, 4) is 0 Å². The zero-order valence-electron chi connectivity index (χ0n) is 36.9. The highest BCUT2D eigenvalue weighted by molar-refractivity contribution is 5.98. The number of benzene rings is 1. The number of nitrogens with two attached hydrogens (primary N) is 3. The third-order valence-corrected chi connectivity index (χ3v) is 10.5. The molecule has 1 aromatic carbocycles. The van der Waals surface area contributed by atoms with E-state index in [9.17, 15) is 53.7 Å². The van der Waals surface area contributed by atoms with E-state index in [0.717, 1.165) is 0 Å². The van der Waals surface area contributed by atoms with Gasteiger partial charge < -0.3 is 74.3 Å². The number of H-pyrrole nitrogens is 1. The summed E-state index contributed by atoms with van der Waals surface area (Å²) in [4.78, 5) is 119. The first-order valence-corrected chi connectivity index (χ1v) is 21.2. The van der Waals surface area contributed by atoms with Gasteiger partial charge in [-0.1, -0.05) is 44.2 Å². The van der Waals surface area contributed by atoms with Gasteiger partial charge in [0.1, 0.15) is 48.3 Å². The van der Waals surface area contributed by atoms with Crippen molar-refractivity contribution in [3.05, 3.63) is 54.1 Å². The number of rotatable bonds is 25. The molecule has 7 amide bonds. The van der Waals surface area contributed by atoms with Gasteiger partial charge in [0.15, 0.2) is 5.96 Å². The monoisotopic (exact) mass is 913 g/mol. The Morgan fingerprint density at radius 3 is 2.02 bits per heavy atom. The van der Waals surface area contributed by atoms with Gasteiger partial charge in [-0.25, -0.2) is 4.98 Å². The average molecular weight is 914 g/mol. The number of nitrogens with zero attached hydrogens (tertiary/aromatic N) is 3. The van der Waals surface area contributed by atoms with Crippen molar-refractivity contribution in [1.29, 1.82) is 0 Å². The second-order valence-corrected chi connectivity index (χ2v) is 16.1. The first-order valence-electron chi connectivity index (χ1n) is 21.2. The van der Waals surface area contributed by atoms with Gasteiger partial charge >= 0.3 is 5.97 Å². The minimum atomic E-state index is -1.63. The molecule has 2 heterocycles. The number of hydrogen-bond donors (Lipinski definition) is 13. The zero-order valence-corrected chi connectivity index (χ0v) is 36.9. The Kier molecular flexibility index (Phi) is 20.7. The van der Waals surface area contributed by atoms with Crippen LogP contribution in [0, 0.1) is 5.92 Å². The van der Waals surface area contributed by atoms with E-state index in [2.05, 4.69) is 46.9 Å². The van der Waals surface area contributed by atoms with Crippen molar-refractivity contribution in [2.24, 2.45) is 28.1 Å². The summed E-state index contributed by atoms with van der Waals surface area (Å²) in [7, 11) is 0. The summed E-state index contributed by atoms with van der Waals surface area (Å²) in [5.41, 5.74) is 17.6. The summed E-state index contributed by atoms with van der Waals surface area (Å²) < 4.78 is 0. The Morgan fingerprint density at radius 2 is 1.45 bits per heavy atom. The summed E-state index contributed by atoms with van der Waals surface area (Å²) in [5, 5.41) is 44.3. The van der Waals surface area contributed by atoms with Gasteiger partial charge in [0, 0.05) is 37.8 Å². The molecule has 16 N–H and O–H groups in total. The molecule has 1 saturated heterocycles. The summed E-state index contributed by atoms with van der Waals surface area (Å²) >= 11 is 0. The van der Waals surface area contributed by atoms with Crippen LogP contribution in [-0.4, -0.2) is 158 Å². The number of imidazole rings is 1. The highest BCUT2D eigenvalue weighted by atomic mass is 16.4. The third-order valence-electron chi connectivity index (χ3n) is 10.5. The van der Waals surface area contributed by atoms with Crippen LogP contribution < -0.4 is 49.1 Å². The van der Waals surface area contributed by atoms with Crippen molar-refractivity contribution in [2.45, 2.75) is 121 Å². The van der Waals surface area contributed by atoms with E-state index in [1.807, 2.05) is 0 Å². The molecule has 0 bridgehead atoms. The van der Waals surface area contributed by atoms with Gasteiger partial charge in [0.2, 0.25) is 41.4 Å². The molecular formula is C41H63N13O11. The number of hydrogen-bond acceptors (Lipinski definition) is 13. The number of carbonyl (C=O) groups excluding carboxylic acids is 7. The summed E-state index contributed by atoms with van der Waals surface area (Å²) in [6.07, 6.45) is 1.73. The fourth-order valence-corrected chi connectivity index (χ4v) is 6.83. The number of guanidine groups is 1. The van der Waals surface area contributed by atoms with Crippen molar-refractivity contribution in [1.82, 2.24) is 46.8 Å². The molecule has 24 heteroatoms. The molecule has 0 saturated carbocycles. The molecule has 2 aromatic rings. The lowest BCUT2D eigenvalue weighted by Gasteiger charge is -2.32. The van der Waals surface area contributed by atoms with E-state index in [0.29, 0.717) is 17.7 Å². The van der Waals surface area contributed by atoms with E-state index >= 15 is 0 Å². The SMILES string of the molecule is CC(C)[C@H](NC(=O)[C@@H](N)CO)C(=O)N1CCC[C@H]1C(=O)N[C@@H](CCCN=C(N)N)C(=O)N[C@@H](Cc1cnc[nH]1)C(=O)N[C@@H](Cc1ccccc1)C(=O)N[C@H](C(=O)N[C@@H](C)C(=O)O)[C@@H](C)O. The molecule has 0 spiro atoms. The second-order valence-electron chi connectivity index (χ2n) is 16.1. The Labute approximate surface area is 375 Å². The Hall–Kier alpha value is -6.66. The Bertz CT molecular complexity index is 1960. The molecule has 0 aliphatic carbocycles. The number of aliphatic imine (C=N–C) groups is 1. The van der Waals surface area contributed by atoms with E-state index in [-0.39, 0.29) is 51.2 Å². The number of carbonyl (C=O) groups is 8. The van der Waals surface area contributed by atoms with Gasteiger partial charge in [-0.3, -0.25) is 43.3 Å². The summed E-state index contributed by atoms with van der Waals surface area (Å²) in [5.74, 6) is -7.62. The predicted molar refractivity (Wildman–Crippen MR) is 234 cm³/mol. The fraction of sp³-hybridized carbons (Fsp3) is 0.561. The maximum atomic E-state index is 14.3. The molecular weight excluding hydrogens is 851 g/mol. The Balaban J connectivity index is 1.92. The number of carboxylic acid groups (broad SMARTS) is 1. The summed E-state index contributed by atoms with van der Waals surface area (Å²) in [6.45, 7) is 5.37. The molecule has 24 nitrogen and oxygen atoms in total.